The summed E-state index contributed by atoms with van der Waals surface area (Å²) in [7, 11) is 1.62. The van der Waals surface area contributed by atoms with Crippen molar-refractivity contribution in [3.8, 4) is 0 Å². The Labute approximate surface area is 96.1 Å². The van der Waals surface area contributed by atoms with E-state index in [4.69, 9.17) is 0 Å². The summed E-state index contributed by atoms with van der Waals surface area (Å²) < 4.78 is 2.53. The van der Waals surface area contributed by atoms with E-state index in [1.807, 2.05) is 6.92 Å². The van der Waals surface area contributed by atoms with E-state index >= 15 is 0 Å². The van der Waals surface area contributed by atoms with Gasteiger partial charge in [-0.2, -0.15) is 4.80 Å². The molecule has 0 atom stereocenters. The summed E-state index contributed by atoms with van der Waals surface area (Å²) >= 11 is 0. The molecule has 8 nitrogen and oxygen atoms in total. The Hall–Kier alpha value is -2.25. The average molecular weight is 236 g/mol. The lowest BCUT2D eigenvalue weighted by Gasteiger charge is -2.05. The van der Waals surface area contributed by atoms with Gasteiger partial charge in [0.1, 0.15) is 0 Å². The molecule has 90 valence electrons. The highest BCUT2D eigenvalue weighted by Crippen LogP contribution is 1.87. The first-order valence-corrected chi connectivity index (χ1v) is 5.15. The summed E-state index contributed by atoms with van der Waals surface area (Å²) in [6.07, 6.45) is 1.48. The molecule has 2 heterocycles. The van der Waals surface area contributed by atoms with Crippen LogP contribution in [0, 0.1) is 0 Å². The fraction of sp³-hybridized carbons (Fsp3) is 0.444. The molecule has 0 saturated heterocycles. The minimum Gasteiger partial charge on any atom is -0.301 e. The highest BCUT2D eigenvalue weighted by molar-refractivity contribution is 4.90. The molecule has 17 heavy (non-hydrogen) atoms. The summed E-state index contributed by atoms with van der Waals surface area (Å²) in [4.78, 5) is 24.7. The molecule has 2 aromatic heterocycles. The third-order valence-electron chi connectivity index (χ3n) is 2.33. The SMILES string of the molecule is CCn1ccc(=O)n(Cc2nnn(C)n2)c1=O. The molecule has 0 aliphatic heterocycles. The van der Waals surface area contributed by atoms with Crippen LogP contribution in [0.3, 0.4) is 0 Å². The van der Waals surface area contributed by atoms with Crippen LogP contribution in [0.5, 0.6) is 0 Å². The van der Waals surface area contributed by atoms with Crippen LogP contribution >= 0.6 is 0 Å². The fourth-order valence-electron chi connectivity index (χ4n) is 1.47. The number of hydrogen-bond donors (Lipinski definition) is 0. The predicted molar refractivity (Wildman–Crippen MR) is 58.5 cm³/mol. The standard InChI is InChI=1S/C9H12N6O2/c1-3-14-5-4-8(16)15(9(14)17)6-7-10-12-13(2)11-7/h4-5H,3,6H2,1-2H3. The average Bonchev–Trinajstić information content (AvgIpc) is 2.70. The summed E-state index contributed by atoms with van der Waals surface area (Å²) in [5.41, 5.74) is -0.736. The van der Waals surface area contributed by atoms with E-state index in [9.17, 15) is 9.59 Å². The molecule has 0 aliphatic carbocycles. The number of nitrogens with zero attached hydrogens (tertiary/aromatic N) is 6. The molecule has 2 rings (SSSR count). The van der Waals surface area contributed by atoms with Crippen LogP contribution in [0.25, 0.3) is 0 Å². The topological polar surface area (TPSA) is 87.6 Å². The number of rotatable bonds is 3. The zero-order chi connectivity index (χ0) is 12.4. The van der Waals surface area contributed by atoms with Gasteiger partial charge in [-0.05, 0) is 12.1 Å². The lowest BCUT2D eigenvalue weighted by molar-refractivity contribution is 0.583. The Kier molecular flexibility index (Phi) is 2.86. The summed E-state index contributed by atoms with van der Waals surface area (Å²) in [5.74, 6) is 0.334. The molecule has 0 bridgehead atoms. The molecule has 8 heteroatoms. The Morgan fingerprint density at radius 2 is 2.12 bits per heavy atom. The van der Waals surface area contributed by atoms with E-state index in [1.165, 1.54) is 21.6 Å². The molecule has 0 N–H and O–H groups in total. The zero-order valence-corrected chi connectivity index (χ0v) is 9.57. The number of aromatic nitrogens is 6. The number of tetrazole rings is 1. The summed E-state index contributed by atoms with van der Waals surface area (Å²) in [5, 5.41) is 11.3. The van der Waals surface area contributed by atoms with Gasteiger partial charge in [-0.1, -0.05) is 0 Å². The highest BCUT2D eigenvalue weighted by Gasteiger charge is 2.08. The Balaban J connectivity index is 2.45. The molecule has 0 fully saturated rings. The summed E-state index contributed by atoms with van der Waals surface area (Å²) in [6, 6.07) is 1.35. The Morgan fingerprint density at radius 3 is 2.71 bits per heavy atom. The van der Waals surface area contributed by atoms with Crippen molar-refractivity contribution in [2.75, 3.05) is 0 Å². The second-order valence-electron chi connectivity index (χ2n) is 3.50. The van der Waals surface area contributed by atoms with Crippen LogP contribution in [0.2, 0.25) is 0 Å². The van der Waals surface area contributed by atoms with Crippen molar-refractivity contribution in [2.45, 2.75) is 20.0 Å². The van der Waals surface area contributed by atoms with Crippen LogP contribution in [0.15, 0.2) is 21.9 Å². The van der Waals surface area contributed by atoms with Crippen molar-refractivity contribution in [1.29, 1.82) is 0 Å². The molecular weight excluding hydrogens is 224 g/mol. The van der Waals surface area contributed by atoms with Gasteiger partial charge in [-0.15, -0.1) is 10.2 Å². The van der Waals surface area contributed by atoms with Crippen molar-refractivity contribution in [3.63, 3.8) is 0 Å². The van der Waals surface area contributed by atoms with Crippen molar-refractivity contribution in [1.82, 2.24) is 29.3 Å². The molecule has 0 radical (unpaired) electrons. The van der Waals surface area contributed by atoms with Gasteiger partial charge in [-0.25, -0.2) is 4.79 Å². The van der Waals surface area contributed by atoms with Gasteiger partial charge in [0, 0.05) is 18.8 Å². The molecular formula is C9H12N6O2. The molecule has 0 spiro atoms. The first kappa shape index (κ1) is 11.2. The predicted octanol–water partition coefficient (Wildman–Crippen LogP) is -1.40. The smallest absolute Gasteiger partial charge is 0.301 e. The van der Waals surface area contributed by atoms with E-state index in [-0.39, 0.29) is 17.8 Å². The van der Waals surface area contributed by atoms with Gasteiger partial charge in [-0.3, -0.25) is 9.36 Å². The summed E-state index contributed by atoms with van der Waals surface area (Å²) in [6.45, 7) is 2.37. The monoisotopic (exact) mass is 236 g/mol. The molecule has 2 aromatic rings. The van der Waals surface area contributed by atoms with E-state index in [0.29, 0.717) is 12.4 Å². The first-order chi connectivity index (χ1) is 8.11. The molecule has 0 aliphatic rings. The lowest BCUT2D eigenvalue weighted by atomic mass is 10.5. The molecule has 0 saturated carbocycles. The van der Waals surface area contributed by atoms with Crippen molar-refractivity contribution in [3.05, 3.63) is 38.9 Å². The lowest BCUT2D eigenvalue weighted by Crippen LogP contribution is -2.39. The normalized spacial score (nSPS) is 10.7. The minimum atomic E-state index is -0.368. The molecule has 0 amide bonds. The van der Waals surface area contributed by atoms with Crippen LogP contribution in [0.4, 0.5) is 0 Å². The third-order valence-corrected chi connectivity index (χ3v) is 2.33. The number of aryl methyl sites for hydroxylation is 2. The second-order valence-corrected chi connectivity index (χ2v) is 3.50. The maximum absolute atomic E-state index is 11.9. The van der Waals surface area contributed by atoms with Gasteiger partial charge in [0.25, 0.3) is 5.56 Å². The maximum Gasteiger partial charge on any atom is 0.331 e. The maximum atomic E-state index is 11.9. The van der Waals surface area contributed by atoms with Gasteiger partial charge < -0.3 is 4.57 Å². The molecule has 0 unspecified atom stereocenters. The minimum absolute atomic E-state index is 0.0341. The van der Waals surface area contributed by atoms with E-state index in [2.05, 4.69) is 15.4 Å². The van der Waals surface area contributed by atoms with Gasteiger partial charge in [0.15, 0.2) is 5.82 Å². The van der Waals surface area contributed by atoms with Crippen LogP contribution < -0.4 is 11.2 Å². The van der Waals surface area contributed by atoms with E-state index in [1.54, 1.807) is 7.05 Å². The van der Waals surface area contributed by atoms with Crippen LogP contribution in [-0.4, -0.2) is 29.3 Å². The van der Waals surface area contributed by atoms with Gasteiger partial charge in [0.05, 0.1) is 13.6 Å². The third kappa shape index (κ3) is 2.14. The van der Waals surface area contributed by atoms with Crippen molar-refractivity contribution in [2.24, 2.45) is 7.05 Å². The van der Waals surface area contributed by atoms with Gasteiger partial charge >= 0.3 is 5.69 Å². The first-order valence-electron chi connectivity index (χ1n) is 5.15. The largest absolute Gasteiger partial charge is 0.331 e. The second kappa shape index (κ2) is 4.32. The highest BCUT2D eigenvalue weighted by atomic mass is 16.2. The Bertz CT molecular complexity index is 637. The molecule has 0 aromatic carbocycles. The van der Waals surface area contributed by atoms with Crippen molar-refractivity contribution >= 4 is 0 Å². The fourth-order valence-corrected chi connectivity index (χ4v) is 1.47. The zero-order valence-electron chi connectivity index (χ0n) is 9.57. The van der Waals surface area contributed by atoms with Gasteiger partial charge in [0.2, 0.25) is 0 Å². The van der Waals surface area contributed by atoms with Crippen molar-refractivity contribution < 1.29 is 0 Å². The van der Waals surface area contributed by atoms with E-state index < -0.39 is 0 Å². The quantitative estimate of drug-likeness (QED) is 0.654. The number of hydrogen-bond acceptors (Lipinski definition) is 5. The Morgan fingerprint density at radius 1 is 1.35 bits per heavy atom. The van der Waals surface area contributed by atoms with Crippen LogP contribution in [0.1, 0.15) is 12.7 Å². The van der Waals surface area contributed by atoms with Crippen LogP contribution in [-0.2, 0) is 20.1 Å². The van der Waals surface area contributed by atoms with E-state index in [0.717, 1.165) is 4.57 Å².